The van der Waals surface area contributed by atoms with E-state index < -0.39 is 18.6 Å². The van der Waals surface area contributed by atoms with Crippen LogP contribution < -0.4 is 20.6 Å². The van der Waals surface area contributed by atoms with Gasteiger partial charge in [-0.05, 0) is 42.0 Å². The predicted octanol–water partition coefficient (Wildman–Crippen LogP) is 0.971. The normalized spacial score (nSPS) is 10.3. The Balaban J connectivity index is 1.81. The van der Waals surface area contributed by atoms with Crippen molar-refractivity contribution in [1.29, 1.82) is 0 Å². The number of amides is 2. The molecule has 0 spiro atoms. The minimum absolute atomic E-state index is 0.404. The van der Waals surface area contributed by atoms with E-state index in [1.165, 1.54) is 6.21 Å². The lowest BCUT2D eigenvalue weighted by Crippen LogP contribution is -2.28. The second-order valence-corrected chi connectivity index (χ2v) is 4.42. The Bertz CT molecular complexity index is 684. The first-order chi connectivity index (χ1) is 11.1. The van der Waals surface area contributed by atoms with Crippen molar-refractivity contribution in [3.63, 3.8) is 0 Å². The number of carbonyl (C=O) groups excluding carboxylic acids is 2. The van der Waals surface area contributed by atoms with Gasteiger partial charge < -0.3 is 20.0 Å². The maximum Gasteiger partial charge on any atom is 0.339 e. The van der Waals surface area contributed by atoms with E-state index in [0.717, 1.165) is 0 Å². The molecule has 0 aliphatic rings. The summed E-state index contributed by atoms with van der Waals surface area (Å²) in [5.41, 5.74) is 3.71. The van der Waals surface area contributed by atoms with E-state index in [1.54, 1.807) is 36.4 Å². The van der Waals surface area contributed by atoms with Gasteiger partial charge in [0, 0.05) is 5.69 Å². The highest BCUT2D eigenvalue weighted by Crippen LogP contribution is 2.10. The van der Waals surface area contributed by atoms with Crippen LogP contribution in [-0.2, 0) is 4.79 Å². The van der Waals surface area contributed by atoms with Gasteiger partial charge in [0.25, 0.3) is 0 Å². The number of hydrogen-bond donors (Lipinski definition) is 2. The Labute approximate surface area is 132 Å². The average molecular weight is 312 g/mol. The summed E-state index contributed by atoms with van der Waals surface area (Å²) < 4.78 is 4.95. The van der Waals surface area contributed by atoms with Crippen LogP contribution in [0, 0.1) is 0 Å². The Kier molecular flexibility index (Phi) is 5.70. The maximum atomic E-state index is 11.6. The lowest BCUT2D eigenvalue weighted by Gasteiger charge is -2.06. The van der Waals surface area contributed by atoms with Crippen molar-refractivity contribution in [2.24, 2.45) is 5.10 Å². The van der Waals surface area contributed by atoms with E-state index in [2.05, 4.69) is 15.8 Å². The van der Waals surface area contributed by atoms with Crippen molar-refractivity contribution in [2.45, 2.75) is 0 Å². The lowest BCUT2D eigenvalue weighted by molar-refractivity contribution is -0.307. The molecule has 2 amide bonds. The highest BCUT2D eigenvalue weighted by molar-refractivity contribution is 5.90. The van der Waals surface area contributed by atoms with Gasteiger partial charge in [0.2, 0.25) is 0 Å². The van der Waals surface area contributed by atoms with Crippen LogP contribution >= 0.6 is 0 Å². The zero-order valence-corrected chi connectivity index (χ0v) is 12.1. The van der Waals surface area contributed by atoms with Crippen LogP contribution in [0.4, 0.5) is 10.5 Å². The van der Waals surface area contributed by atoms with Crippen molar-refractivity contribution in [2.75, 3.05) is 11.9 Å². The van der Waals surface area contributed by atoms with Crippen molar-refractivity contribution in [3.05, 3.63) is 60.2 Å². The molecule has 2 rings (SSSR count). The molecule has 0 aliphatic heterocycles. The Morgan fingerprint density at radius 2 is 1.78 bits per heavy atom. The van der Waals surface area contributed by atoms with Crippen LogP contribution in [0.5, 0.6) is 5.75 Å². The first-order valence-corrected chi connectivity index (χ1v) is 6.71. The number of benzene rings is 2. The quantitative estimate of drug-likeness (QED) is 0.613. The molecular weight excluding hydrogens is 298 g/mol. The van der Waals surface area contributed by atoms with Crippen molar-refractivity contribution >= 4 is 23.9 Å². The molecule has 0 aromatic heterocycles. The van der Waals surface area contributed by atoms with Crippen molar-refractivity contribution in [1.82, 2.24) is 5.43 Å². The number of hydrogen-bond acceptors (Lipinski definition) is 5. The van der Waals surface area contributed by atoms with Crippen LogP contribution in [0.2, 0.25) is 0 Å². The fraction of sp³-hybridized carbons (Fsp3) is 0.0625. The molecule has 2 N–H and O–H groups in total. The lowest BCUT2D eigenvalue weighted by atomic mass is 10.2. The average Bonchev–Trinajstić information content (AvgIpc) is 2.55. The summed E-state index contributed by atoms with van der Waals surface area (Å²) in [4.78, 5) is 21.9. The Morgan fingerprint density at radius 1 is 1.09 bits per heavy atom. The van der Waals surface area contributed by atoms with E-state index in [9.17, 15) is 14.7 Å². The third-order valence-corrected chi connectivity index (χ3v) is 2.65. The molecule has 2 aromatic carbocycles. The Morgan fingerprint density at radius 3 is 2.43 bits per heavy atom. The van der Waals surface area contributed by atoms with Crippen LogP contribution in [0.3, 0.4) is 0 Å². The van der Waals surface area contributed by atoms with Crippen LogP contribution in [-0.4, -0.2) is 24.8 Å². The summed E-state index contributed by atoms with van der Waals surface area (Å²) in [6.07, 6.45) is 1.45. The topological polar surface area (TPSA) is 103 Å². The molecule has 7 nitrogen and oxygen atoms in total. The molecule has 0 heterocycles. The molecule has 23 heavy (non-hydrogen) atoms. The van der Waals surface area contributed by atoms with Crippen LogP contribution in [0.25, 0.3) is 0 Å². The van der Waals surface area contributed by atoms with Crippen molar-refractivity contribution < 1.29 is 19.4 Å². The van der Waals surface area contributed by atoms with E-state index >= 15 is 0 Å². The van der Waals surface area contributed by atoms with Crippen LogP contribution in [0.1, 0.15) is 5.56 Å². The minimum atomic E-state index is -1.29. The molecule has 0 atom stereocenters. The Hall–Kier alpha value is -3.35. The van der Waals surface area contributed by atoms with Gasteiger partial charge in [-0.2, -0.15) is 5.10 Å². The number of rotatable bonds is 6. The number of carboxylic acid groups (broad SMARTS) is 1. The van der Waals surface area contributed by atoms with Gasteiger partial charge in [0.15, 0.2) is 0 Å². The number of para-hydroxylation sites is 1. The molecule has 0 unspecified atom stereocenters. The second kappa shape index (κ2) is 8.18. The third kappa shape index (κ3) is 5.88. The van der Waals surface area contributed by atoms with E-state index in [-0.39, 0.29) is 0 Å². The second-order valence-electron chi connectivity index (χ2n) is 4.42. The predicted molar refractivity (Wildman–Crippen MR) is 83.1 cm³/mol. The molecular formula is C16H14N3O4-. The molecule has 0 radical (unpaired) electrons. The number of anilines is 1. The monoisotopic (exact) mass is 312 g/mol. The summed E-state index contributed by atoms with van der Waals surface area (Å²) in [6, 6.07) is 15.1. The van der Waals surface area contributed by atoms with Gasteiger partial charge in [0.05, 0.1) is 12.2 Å². The molecule has 0 saturated heterocycles. The van der Waals surface area contributed by atoms with Gasteiger partial charge in [0.1, 0.15) is 12.4 Å². The summed E-state index contributed by atoms with van der Waals surface area (Å²) in [5.74, 6) is -0.884. The molecule has 0 saturated carbocycles. The van der Waals surface area contributed by atoms with E-state index in [4.69, 9.17) is 4.74 Å². The molecule has 118 valence electrons. The highest BCUT2D eigenvalue weighted by atomic mass is 16.5. The van der Waals surface area contributed by atoms with E-state index in [0.29, 0.717) is 17.0 Å². The molecule has 7 heteroatoms. The van der Waals surface area contributed by atoms with Gasteiger partial charge >= 0.3 is 6.03 Å². The number of carboxylic acids is 1. The largest absolute Gasteiger partial charge is 0.546 e. The number of aliphatic carboxylic acids is 1. The standard InChI is InChI=1S/C16H15N3O4/c20-15(21)11-23-14-8-6-12(7-9-14)10-17-19-16(22)18-13-4-2-1-3-5-13/h1-10H,11H2,(H,20,21)(H2,18,19,22)/p-1/b17-10-. The molecule has 0 aliphatic carbocycles. The van der Waals surface area contributed by atoms with Gasteiger partial charge in [-0.3, -0.25) is 0 Å². The van der Waals surface area contributed by atoms with E-state index in [1.807, 2.05) is 18.2 Å². The maximum absolute atomic E-state index is 11.6. The summed E-state index contributed by atoms with van der Waals surface area (Å²) in [7, 11) is 0. The molecule has 2 aromatic rings. The fourth-order valence-electron chi connectivity index (χ4n) is 1.64. The summed E-state index contributed by atoms with van der Waals surface area (Å²) in [6.45, 7) is -0.505. The number of ether oxygens (including phenoxy) is 1. The first kappa shape index (κ1) is 16.0. The number of carbonyl (C=O) groups is 2. The SMILES string of the molecule is O=C([O-])COc1ccc(/C=N\NC(=O)Nc2ccccc2)cc1. The smallest absolute Gasteiger partial charge is 0.339 e. The van der Waals surface area contributed by atoms with Gasteiger partial charge in [-0.15, -0.1) is 0 Å². The molecule has 0 fully saturated rings. The first-order valence-electron chi connectivity index (χ1n) is 6.71. The highest BCUT2D eigenvalue weighted by Gasteiger charge is 1.98. The number of nitrogens with zero attached hydrogens (tertiary/aromatic N) is 1. The van der Waals surface area contributed by atoms with Gasteiger partial charge in [-0.1, -0.05) is 18.2 Å². The fourth-order valence-corrected chi connectivity index (χ4v) is 1.64. The van der Waals surface area contributed by atoms with Crippen LogP contribution in [0.15, 0.2) is 59.7 Å². The van der Waals surface area contributed by atoms with Crippen molar-refractivity contribution in [3.8, 4) is 5.75 Å². The summed E-state index contributed by atoms with van der Waals surface area (Å²) in [5, 5.41) is 16.7. The zero-order valence-electron chi connectivity index (χ0n) is 12.1. The van der Waals surface area contributed by atoms with Gasteiger partial charge in [-0.25, -0.2) is 10.2 Å². The third-order valence-electron chi connectivity index (χ3n) is 2.65. The number of hydrazone groups is 1. The summed E-state index contributed by atoms with van der Waals surface area (Å²) >= 11 is 0. The number of urea groups is 1. The zero-order chi connectivity index (χ0) is 16.5. The minimum Gasteiger partial charge on any atom is -0.546 e. The molecule has 0 bridgehead atoms. The number of nitrogens with one attached hydrogen (secondary N) is 2.